The lowest BCUT2D eigenvalue weighted by Gasteiger charge is -2.11. The van der Waals surface area contributed by atoms with Crippen LogP contribution in [0.5, 0.6) is 0 Å². The molecule has 3 aromatic rings. The van der Waals surface area contributed by atoms with Gasteiger partial charge in [0.1, 0.15) is 0 Å². The summed E-state index contributed by atoms with van der Waals surface area (Å²) in [5, 5.41) is 5.04. The lowest BCUT2D eigenvalue weighted by molar-refractivity contribution is 0.167. The maximum Gasteiger partial charge on any atom is 0.413 e. The van der Waals surface area contributed by atoms with Gasteiger partial charge in [-0.2, -0.15) is 0 Å². The maximum absolute atomic E-state index is 11.5. The summed E-state index contributed by atoms with van der Waals surface area (Å²) in [6.45, 7) is 2.72. The maximum atomic E-state index is 11.5. The molecule has 0 saturated carbocycles. The SMILES string of the molecule is CCOC(=O)Nc1nccn1Cc1cccc2ccccc12. The Kier molecular flexibility index (Phi) is 4.05. The molecule has 5 nitrogen and oxygen atoms in total. The summed E-state index contributed by atoms with van der Waals surface area (Å²) in [6, 6.07) is 14.4. The fourth-order valence-electron chi connectivity index (χ4n) is 2.43. The molecule has 1 amide bonds. The van der Waals surface area contributed by atoms with Gasteiger partial charge >= 0.3 is 6.09 Å². The lowest BCUT2D eigenvalue weighted by atomic mass is 10.0. The first-order valence-electron chi connectivity index (χ1n) is 7.19. The van der Waals surface area contributed by atoms with Crippen LogP contribution in [0.3, 0.4) is 0 Å². The van der Waals surface area contributed by atoms with Crippen molar-refractivity contribution in [1.29, 1.82) is 0 Å². The smallest absolute Gasteiger partial charge is 0.413 e. The molecule has 0 saturated heterocycles. The Labute approximate surface area is 128 Å². The van der Waals surface area contributed by atoms with Crippen molar-refractivity contribution in [3.8, 4) is 0 Å². The molecule has 0 fully saturated rings. The van der Waals surface area contributed by atoms with Crippen molar-refractivity contribution in [2.75, 3.05) is 11.9 Å². The molecule has 0 aliphatic carbocycles. The molecule has 112 valence electrons. The zero-order chi connectivity index (χ0) is 15.4. The molecule has 1 N–H and O–H groups in total. The van der Waals surface area contributed by atoms with Gasteiger partial charge in [-0.15, -0.1) is 0 Å². The number of nitrogens with zero attached hydrogens (tertiary/aromatic N) is 2. The lowest BCUT2D eigenvalue weighted by Crippen LogP contribution is -2.17. The zero-order valence-corrected chi connectivity index (χ0v) is 12.3. The highest BCUT2D eigenvalue weighted by molar-refractivity contribution is 5.86. The summed E-state index contributed by atoms with van der Waals surface area (Å²) in [5.74, 6) is 0.478. The van der Waals surface area contributed by atoms with E-state index < -0.39 is 6.09 Å². The molecule has 2 aromatic carbocycles. The normalized spacial score (nSPS) is 10.6. The second-order valence-corrected chi connectivity index (χ2v) is 4.86. The Balaban J connectivity index is 1.87. The number of hydrogen-bond acceptors (Lipinski definition) is 3. The molecule has 0 aliphatic heterocycles. The van der Waals surface area contributed by atoms with Gasteiger partial charge in [-0.25, -0.2) is 9.78 Å². The first-order valence-corrected chi connectivity index (χ1v) is 7.19. The number of rotatable bonds is 4. The van der Waals surface area contributed by atoms with Crippen LogP contribution in [0.4, 0.5) is 10.7 Å². The van der Waals surface area contributed by atoms with E-state index in [1.54, 1.807) is 13.1 Å². The summed E-state index contributed by atoms with van der Waals surface area (Å²) in [5.41, 5.74) is 1.17. The summed E-state index contributed by atoms with van der Waals surface area (Å²) in [6.07, 6.45) is 3.00. The zero-order valence-electron chi connectivity index (χ0n) is 12.3. The number of nitrogens with one attached hydrogen (secondary N) is 1. The average Bonchev–Trinajstić information content (AvgIpc) is 2.95. The van der Waals surface area contributed by atoms with Gasteiger partial charge in [-0.05, 0) is 23.3 Å². The highest BCUT2D eigenvalue weighted by Gasteiger charge is 2.09. The van der Waals surface area contributed by atoms with Crippen LogP contribution in [0.15, 0.2) is 54.9 Å². The quantitative estimate of drug-likeness (QED) is 0.799. The minimum atomic E-state index is -0.493. The van der Waals surface area contributed by atoms with Crippen LogP contribution in [-0.2, 0) is 11.3 Å². The largest absolute Gasteiger partial charge is 0.450 e. The van der Waals surface area contributed by atoms with Gasteiger partial charge in [0, 0.05) is 12.4 Å². The third kappa shape index (κ3) is 2.93. The number of amides is 1. The monoisotopic (exact) mass is 295 g/mol. The fourth-order valence-corrected chi connectivity index (χ4v) is 2.43. The minimum Gasteiger partial charge on any atom is -0.450 e. The molecule has 0 spiro atoms. The number of anilines is 1. The van der Waals surface area contributed by atoms with E-state index in [0.717, 1.165) is 0 Å². The minimum absolute atomic E-state index is 0.329. The number of benzene rings is 2. The predicted molar refractivity (Wildman–Crippen MR) is 85.9 cm³/mol. The molecule has 0 atom stereocenters. The van der Waals surface area contributed by atoms with E-state index in [2.05, 4.69) is 34.6 Å². The fraction of sp³-hybridized carbons (Fsp3) is 0.176. The molecule has 0 unspecified atom stereocenters. The van der Waals surface area contributed by atoms with Crippen molar-refractivity contribution in [3.63, 3.8) is 0 Å². The van der Waals surface area contributed by atoms with E-state index in [-0.39, 0.29) is 0 Å². The van der Waals surface area contributed by atoms with Gasteiger partial charge in [0.25, 0.3) is 0 Å². The average molecular weight is 295 g/mol. The van der Waals surface area contributed by atoms with Crippen LogP contribution in [0, 0.1) is 0 Å². The van der Waals surface area contributed by atoms with Crippen molar-refractivity contribution in [1.82, 2.24) is 9.55 Å². The molecule has 0 radical (unpaired) electrons. The van der Waals surface area contributed by atoms with Gasteiger partial charge in [0.2, 0.25) is 5.95 Å². The summed E-state index contributed by atoms with van der Waals surface area (Å²) in [7, 11) is 0. The number of carbonyl (C=O) groups is 1. The van der Waals surface area contributed by atoms with Gasteiger partial charge < -0.3 is 9.30 Å². The van der Waals surface area contributed by atoms with Gasteiger partial charge in [-0.3, -0.25) is 5.32 Å². The number of fused-ring (bicyclic) bond motifs is 1. The van der Waals surface area contributed by atoms with E-state index in [9.17, 15) is 4.79 Å². The van der Waals surface area contributed by atoms with Crippen LogP contribution in [0.25, 0.3) is 10.8 Å². The Bertz CT molecular complexity index is 790. The highest BCUT2D eigenvalue weighted by atomic mass is 16.5. The third-order valence-electron chi connectivity index (χ3n) is 3.43. The number of ether oxygens (including phenoxy) is 1. The topological polar surface area (TPSA) is 56.1 Å². The van der Waals surface area contributed by atoms with E-state index in [1.807, 2.05) is 29.0 Å². The van der Waals surface area contributed by atoms with Crippen molar-refractivity contribution in [2.24, 2.45) is 0 Å². The number of hydrogen-bond donors (Lipinski definition) is 1. The van der Waals surface area contributed by atoms with Crippen molar-refractivity contribution < 1.29 is 9.53 Å². The molecule has 3 rings (SSSR count). The summed E-state index contributed by atoms with van der Waals surface area (Å²) < 4.78 is 6.77. The predicted octanol–water partition coefficient (Wildman–Crippen LogP) is 3.65. The van der Waals surface area contributed by atoms with Crippen LogP contribution < -0.4 is 5.32 Å². The van der Waals surface area contributed by atoms with Crippen LogP contribution in [-0.4, -0.2) is 22.3 Å². The number of imidazole rings is 1. The summed E-state index contributed by atoms with van der Waals surface area (Å²) in [4.78, 5) is 15.7. The third-order valence-corrected chi connectivity index (χ3v) is 3.43. The second-order valence-electron chi connectivity index (χ2n) is 4.86. The molecule has 1 aromatic heterocycles. The van der Waals surface area contributed by atoms with Crippen LogP contribution >= 0.6 is 0 Å². The number of carbonyl (C=O) groups excluding carboxylic acids is 1. The Hall–Kier alpha value is -2.82. The Morgan fingerprint density at radius 1 is 1.23 bits per heavy atom. The number of aromatic nitrogens is 2. The molecule has 0 aliphatic rings. The van der Waals surface area contributed by atoms with Gasteiger partial charge in [0.15, 0.2) is 0 Å². The van der Waals surface area contributed by atoms with Gasteiger partial charge in [-0.1, -0.05) is 42.5 Å². The van der Waals surface area contributed by atoms with E-state index in [4.69, 9.17) is 4.74 Å². The Morgan fingerprint density at radius 3 is 2.91 bits per heavy atom. The first kappa shape index (κ1) is 14.1. The molecular weight excluding hydrogens is 278 g/mol. The van der Waals surface area contributed by atoms with E-state index >= 15 is 0 Å². The van der Waals surface area contributed by atoms with Crippen LogP contribution in [0.2, 0.25) is 0 Å². The molecule has 5 heteroatoms. The van der Waals surface area contributed by atoms with Crippen LogP contribution in [0.1, 0.15) is 12.5 Å². The molecule has 0 bridgehead atoms. The Morgan fingerprint density at radius 2 is 2.05 bits per heavy atom. The van der Waals surface area contributed by atoms with Crippen molar-refractivity contribution in [2.45, 2.75) is 13.5 Å². The highest BCUT2D eigenvalue weighted by Crippen LogP contribution is 2.20. The molecule has 22 heavy (non-hydrogen) atoms. The first-order chi connectivity index (χ1) is 10.8. The molecular formula is C17H17N3O2. The van der Waals surface area contributed by atoms with E-state index in [0.29, 0.717) is 19.1 Å². The molecule has 1 heterocycles. The van der Waals surface area contributed by atoms with E-state index in [1.165, 1.54) is 16.3 Å². The second kappa shape index (κ2) is 6.30. The summed E-state index contributed by atoms with van der Waals surface area (Å²) >= 11 is 0. The van der Waals surface area contributed by atoms with Crippen molar-refractivity contribution >= 4 is 22.8 Å². The van der Waals surface area contributed by atoms with Crippen molar-refractivity contribution in [3.05, 3.63) is 60.4 Å². The van der Waals surface area contributed by atoms with Gasteiger partial charge in [0.05, 0.1) is 13.2 Å². The standard InChI is InChI=1S/C17H17N3O2/c1-2-22-17(21)19-16-18-10-11-20(16)12-14-8-5-7-13-6-3-4-9-15(13)14/h3-11H,2,12H2,1H3,(H,18,19,21).